The van der Waals surface area contributed by atoms with Gasteiger partial charge in [0.1, 0.15) is 0 Å². The van der Waals surface area contributed by atoms with Crippen LogP contribution in [0, 0.1) is 0 Å². The van der Waals surface area contributed by atoms with Crippen LogP contribution in [0.2, 0.25) is 0 Å². The molecule has 57 heavy (non-hydrogen) atoms. The van der Waals surface area contributed by atoms with Crippen LogP contribution in [0.3, 0.4) is 0 Å². The summed E-state index contributed by atoms with van der Waals surface area (Å²) in [6.45, 7) is 0. The Hall–Kier alpha value is -2.70. The van der Waals surface area contributed by atoms with Crippen LogP contribution < -0.4 is 0 Å². The Kier molecular flexibility index (Phi) is 12.3. The van der Waals surface area contributed by atoms with Gasteiger partial charge in [-0.25, -0.2) is 0 Å². The molecule has 0 spiro atoms. The topological polar surface area (TPSA) is 9.23 Å². The Bertz CT molecular complexity index is 1270. The van der Waals surface area contributed by atoms with Crippen molar-refractivity contribution < 1.29 is 172 Å². The van der Waals surface area contributed by atoms with Gasteiger partial charge in [0.15, 0.2) is 0 Å². The molecule has 0 fully saturated rings. The highest BCUT2D eigenvalue weighted by Crippen LogP contribution is 2.74. The van der Waals surface area contributed by atoms with Gasteiger partial charge in [0.05, 0.1) is 0 Å². The predicted molar refractivity (Wildman–Crippen MR) is 92.3 cm³/mol. The Morgan fingerprint density at radius 3 is 0.368 bits per heavy atom. The zero-order valence-electron chi connectivity index (χ0n) is 23.8. The van der Waals surface area contributed by atoms with E-state index in [1.807, 2.05) is 0 Å². The highest BCUT2D eigenvalue weighted by atomic mass is 19.5. The van der Waals surface area contributed by atoms with E-state index in [9.17, 15) is 167 Å². The lowest BCUT2D eigenvalue weighted by Gasteiger charge is -2.58. The molecule has 344 valence electrons. The van der Waals surface area contributed by atoms with Crippen molar-refractivity contribution in [2.45, 2.75) is 107 Å². The molecule has 0 bridgehead atoms. The van der Waals surface area contributed by atoms with E-state index in [1.165, 1.54) is 0 Å². The third-order valence-corrected chi connectivity index (χ3v) is 6.67. The first-order valence-electron chi connectivity index (χ1n) is 11.6. The fraction of sp³-hybridized carbons (Fsp3) is 1.00. The lowest BCUT2D eigenvalue weighted by Crippen LogP contribution is -2.91. The first-order chi connectivity index (χ1) is 23.7. The van der Waals surface area contributed by atoms with Crippen molar-refractivity contribution in [1.82, 2.24) is 0 Å². The minimum absolute atomic E-state index is 0.0323. The van der Waals surface area contributed by atoms with E-state index in [2.05, 4.69) is 0 Å². The van der Waals surface area contributed by atoms with Gasteiger partial charge < -0.3 is 4.74 Å². The molecule has 0 unspecified atom stereocenters. The number of hydrogen-bond donors (Lipinski definition) is 0. The average Bonchev–Trinajstić information content (AvgIpc) is 2.88. The maximum absolute atomic E-state index is 15.0. The van der Waals surface area contributed by atoms with E-state index in [1.54, 1.807) is 0 Å². The van der Waals surface area contributed by atoms with Gasteiger partial charge in [0.25, 0.3) is 11.2 Å². The third kappa shape index (κ3) is 6.46. The zero-order chi connectivity index (χ0) is 47.7. The van der Waals surface area contributed by atoms with E-state index < -0.39 is 107 Å². The van der Waals surface area contributed by atoms with Crippen LogP contribution in [-0.2, 0) is 4.74 Å². The molecule has 0 aliphatic heterocycles. The molecule has 0 aromatic carbocycles. The van der Waals surface area contributed by atoms with E-state index in [-0.39, 0.29) is 4.74 Å². The summed E-state index contributed by atoms with van der Waals surface area (Å²) in [6.07, 6.45) is -58.9. The second kappa shape index (κ2) is 12.9. The quantitative estimate of drug-likeness (QED) is 0.177. The number of alkyl halides is 38. The molecule has 0 N–H and O–H groups in total. The molecule has 0 atom stereocenters. The number of rotatable bonds is 12. The van der Waals surface area contributed by atoms with E-state index in [0.717, 1.165) is 0 Å². The summed E-state index contributed by atoms with van der Waals surface area (Å²) in [6, 6.07) is 0. The highest BCUT2D eigenvalue weighted by Gasteiger charge is 3.07. The lowest BCUT2D eigenvalue weighted by atomic mass is 9.71. The number of halogens is 38. The van der Waals surface area contributed by atoms with Gasteiger partial charge in [0.2, 0.25) is 0 Å². The van der Waals surface area contributed by atoms with Crippen LogP contribution >= 0.6 is 0 Å². The molecule has 0 amide bonds. The molecule has 0 saturated carbocycles. The average molecular weight is 954 g/mol. The van der Waals surface area contributed by atoms with Crippen molar-refractivity contribution in [3.05, 3.63) is 0 Å². The highest BCUT2D eigenvalue weighted by molar-refractivity contribution is 5.30. The van der Waals surface area contributed by atoms with Gasteiger partial charge in [-0.15, -0.1) is 0 Å². The van der Waals surface area contributed by atoms with Crippen LogP contribution in [0.25, 0.3) is 0 Å². The smallest absolute Gasteiger partial charge is 0.332 e. The molecule has 0 aromatic heterocycles. The normalized spacial score (nSPS) is 17.4. The summed E-state index contributed by atoms with van der Waals surface area (Å²) in [4.78, 5) is 0. The summed E-state index contributed by atoms with van der Waals surface area (Å²) in [7, 11) is 0. The molecule has 0 aromatic rings. The largest absolute Gasteiger partial charge is 0.460 e. The molecule has 0 heterocycles. The molecule has 0 aliphatic carbocycles. The summed E-state index contributed by atoms with van der Waals surface area (Å²) in [5, 5.41) is 0. The fourth-order valence-electron chi connectivity index (χ4n) is 3.79. The predicted octanol–water partition coefficient (Wildman–Crippen LogP) is 12.2. The standard InChI is InChI=1S/C18F38O/c19-3(20,9(31,32)11(35,36)17(51,52)53)1(5(23,24)13(39,40)41,6(25,26)14(42,43)44)57-2(7(27,28)15(45,46)47,8(29,30)16(48,49)50)4(21,22)10(33,34)12(37,38)18(54,55)56. The monoisotopic (exact) mass is 954 g/mol. The maximum Gasteiger partial charge on any atom is 0.460 e. The van der Waals surface area contributed by atoms with Crippen LogP contribution in [-0.4, -0.2) is 107 Å². The van der Waals surface area contributed by atoms with Crippen molar-refractivity contribution in [1.29, 1.82) is 0 Å². The van der Waals surface area contributed by atoms with Gasteiger partial charge in [-0.05, 0) is 0 Å². The Morgan fingerprint density at radius 1 is 0.140 bits per heavy atom. The Balaban J connectivity index is 10.8. The summed E-state index contributed by atoms with van der Waals surface area (Å²) >= 11 is 0. The number of hydrogen-bond acceptors (Lipinski definition) is 1. The molecular formula is C18F38O. The third-order valence-electron chi connectivity index (χ3n) is 6.67. The first-order valence-corrected chi connectivity index (χ1v) is 11.6. The van der Waals surface area contributed by atoms with Crippen LogP contribution in [0.4, 0.5) is 167 Å². The summed E-state index contributed by atoms with van der Waals surface area (Å²) in [5.41, 5.74) is -24.0. The van der Waals surface area contributed by atoms with Gasteiger partial charge in [-0.2, -0.15) is 167 Å². The first kappa shape index (κ1) is 54.3. The molecule has 1 nitrogen and oxygen atoms in total. The molecular weight excluding hydrogens is 954 g/mol. The second-order valence-electron chi connectivity index (χ2n) is 10.2. The van der Waals surface area contributed by atoms with E-state index in [0.29, 0.717) is 0 Å². The van der Waals surface area contributed by atoms with E-state index >= 15 is 0 Å². The molecule has 0 radical (unpaired) electrons. The minimum Gasteiger partial charge on any atom is -0.332 e. The van der Waals surface area contributed by atoms with Gasteiger partial charge in [-0.1, -0.05) is 0 Å². The van der Waals surface area contributed by atoms with Gasteiger partial charge in [0, 0.05) is 0 Å². The number of ether oxygens (including phenoxy) is 1. The van der Waals surface area contributed by atoms with Crippen molar-refractivity contribution in [2.24, 2.45) is 0 Å². The molecule has 0 rings (SSSR count). The van der Waals surface area contributed by atoms with Gasteiger partial charge in [-0.3, -0.25) is 0 Å². The van der Waals surface area contributed by atoms with Crippen LogP contribution in [0.1, 0.15) is 0 Å². The molecule has 39 heteroatoms. The van der Waals surface area contributed by atoms with E-state index in [4.69, 9.17) is 0 Å². The van der Waals surface area contributed by atoms with Crippen molar-refractivity contribution >= 4 is 0 Å². The lowest BCUT2D eigenvalue weighted by molar-refractivity contribution is -0.569. The zero-order valence-corrected chi connectivity index (χ0v) is 23.8. The summed E-state index contributed by atoms with van der Waals surface area (Å²) in [5.74, 6) is -109. The Morgan fingerprint density at radius 2 is 0.263 bits per heavy atom. The van der Waals surface area contributed by atoms with Crippen molar-refractivity contribution in [3.63, 3.8) is 0 Å². The molecule has 0 saturated heterocycles. The Labute approximate surface area is 280 Å². The minimum atomic E-state index is -12.0. The van der Waals surface area contributed by atoms with Crippen LogP contribution in [0.15, 0.2) is 0 Å². The molecule has 0 aliphatic rings. The SMILES string of the molecule is FC(F)(F)C(F)(F)C(F)(F)C(F)(F)C(OC(C(F)(F)C(F)(F)F)(C(F)(F)C(F)(F)F)C(F)(F)C(F)(F)C(F)(F)C(F)(F)F)(C(F)(F)C(F)(F)F)C(F)(F)C(F)(F)F. The second-order valence-corrected chi connectivity index (χ2v) is 10.2. The van der Waals surface area contributed by atoms with Gasteiger partial charge >= 0.3 is 96.3 Å². The van der Waals surface area contributed by atoms with Crippen molar-refractivity contribution in [2.75, 3.05) is 0 Å². The maximum atomic E-state index is 15.0. The summed E-state index contributed by atoms with van der Waals surface area (Å²) < 4.78 is 522. The van der Waals surface area contributed by atoms with Crippen molar-refractivity contribution in [3.8, 4) is 0 Å². The fourth-order valence-corrected chi connectivity index (χ4v) is 3.79. The van der Waals surface area contributed by atoms with Crippen LogP contribution in [0.5, 0.6) is 0 Å².